The summed E-state index contributed by atoms with van der Waals surface area (Å²) in [6.07, 6.45) is 1.29. The van der Waals surface area contributed by atoms with Crippen LogP contribution >= 0.6 is 0 Å². The summed E-state index contributed by atoms with van der Waals surface area (Å²) >= 11 is 0. The fraction of sp³-hybridized carbons (Fsp3) is 0.467. The van der Waals surface area contributed by atoms with Crippen molar-refractivity contribution < 1.29 is 23.1 Å². The van der Waals surface area contributed by atoms with Crippen molar-refractivity contribution in [3.8, 4) is 5.75 Å². The van der Waals surface area contributed by atoms with Gasteiger partial charge in [-0.15, -0.1) is 0 Å². The van der Waals surface area contributed by atoms with E-state index in [2.05, 4.69) is 10.1 Å². The highest BCUT2D eigenvalue weighted by molar-refractivity contribution is 5.80. The topological polar surface area (TPSA) is 84.7 Å². The monoisotopic (exact) mass is 327 g/mol. The predicted molar refractivity (Wildman–Crippen MR) is 78.6 cm³/mol. The number of hydrogen-bond donors (Lipinski definition) is 2. The third kappa shape index (κ3) is 3.88. The standard InChI is InChI=1S/C15H19F2N3O3/c1-23-11-5-4-9(12(16)13(11)17)7-19-14(21)10-3-2-6-20(8-10)15(18)22/h4-5,10H,2-3,6-8H2,1H3,(H2,18,22)(H,19,21)/t10-/m1/s1. The van der Waals surface area contributed by atoms with Gasteiger partial charge < -0.3 is 20.7 Å². The molecule has 3 amide bonds. The molecule has 0 unspecified atom stereocenters. The highest BCUT2D eigenvalue weighted by atomic mass is 19.2. The molecule has 1 aliphatic rings. The molecule has 6 nitrogen and oxygen atoms in total. The van der Waals surface area contributed by atoms with Crippen LogP contribution in [0.15, 0.2) is 12.1 Å². The Bertz CT molecular complexity index is 610. The summed E-state index contributed by atoms with van der Waals surface area (Å²) in [5.41, 5.74) is 5.24. The molecule has 1 aliphatic heterocycles. The Morgan fingerprint density at radius 2 is 2.13 bits per heavy atom. The number of benzene rings is 1. The van der Waals surface area contributed by atoms with Crippen molar-refractivity contribution in [1.29, 1.82) is 0 Å². The fourth-order valence-corrected chi connectivity index (χ4v) is 2.58. The first-order valence-electron chi connectivity index (χ1n) is 7.27. The minimum Gasteiger partial charge on any atom is -0.494 e. The number of nitrogens with one attached hydrogen (secondary N) is 1. The lowest BCUT2D eigenvalue weighted by Gasteiger charge is -2.30. The summed E-state index contributed by atoms with van der Waals surface area (Å²) in [7, 11) is 1.24. The number of nitrogens with two attached hydrogens (primary N) is 1. The predicted octanol–water partition coefficient (Wildman–Crippen LogP) is 1.38. The minimum atomic E-state index is -1.09. The van der Waals surface area contributed by atoms with Crippen LogP contribution in [0.1, 0.15) is 18.4 Å². The number of methoxy groups -OCH3 is 1. The highest BCUT2D eigenvalue weighted by Gasteiger charge is 2.27. The Morgan fingerprint density at radius 3 is 2.78 bits per heavy atom. The molecule has 1 atom stereocenters. The van der Waals surface area contributed by atoms with Crippen LogP contribution in [0.2, 0.25) is 0 Å². The van der Waals surface area contributed by atoms with E-state index in [0.29, 0.717) is 19.4 Å². The molecular formula is C15H19F2N3O3. The van der Waals surface area contributed by atoms with E-state index in [4.69, 9.17) is 5.73 Å². The number of carbonyl (C=O) groups excluding carboxylic acids is 2. The van der Waals surface area contributed by atoms with Gasteiger partial charge in [-0.3, -0.25) is 4.79 Å². The zero-order valence-corrected chi connectivity index (χ0v) is 12.8. The summed E-state index contributed by atoms with van der Waals surface area (Å²) < 4.78 is 32.1. The second-order valence-corrected chi connectivity index (χ2v) is 5.40. The summed E-state index contributed by atoms with van der Waals surface area (Å²) in [6.45, 7) is 0.622. The molecule has 0 aliphatic carbocycles. The van der Waals surface area contributed by atoms with Crippen molar-refractivity contribution in [1.82, 2.24) is 10.2 Å². The molecular weight excluding hydrogens is 308 g/mol. The van der Waals surface area contributed by atoms with Crippen LogP contribution in [0, 0.1) is 17.6 Å². The maximum atomic E-state index is 13.8. The zero-order chi connectivity index (χ0) is 17.0. The van der Waals surface area contributed by atoms with E-state index in [1.807, 2.05) is 0 Å². The second-order valence-electron chi connectivity index (χ2n) is 5.40. The minimum absolute atomic E-state index is 0.0271. The fourth-order valence-electron chi connectivity index (χ4n) is 2.58. The zero-order valence-electron chi connectivity index (χ0n) is 12.8. The first-order valence-corrected chi connectivity index (χ1v) is 7.27. The average molecular weight is 327 g/mol. The highest BCUT2D eigenvalue weighted by Crippen LogP contribution is 2.22. The van der Waals surface area contributed by atoms with Gasteiger partial charge in [0.15, 0.2) is 11.6 Å². The number of ether oxygens (including phenoxy) is 1. The van der Waals surface area contributed by atoms with Gasteiger partial charge in [0.05, 0.1) is 13.0 Å². The molecule has 0 bridgehead atoms. The third-order valence-corrected chi connectivity index (χ3v) is 3.90. The smallest absolute Gasteiger partial charge is 0.314 e. The number of primary amides is 1. The Labute approximate surface area is 132 Å². The molecule has 1 aromatic rings. The van der Waals surface area contributed by atoms with E-state index in [0.717, 1.165) is 0 Å². The van der Waals surface area contributed by atoms with Crippen LogP contribution in [-0.4, -0.2) is 37.0 Å². The van der Waals surface area contributed by atoms with Gasteiger partial charge in [-0.05, 0) is 18.9 Å². The Kier molecular flexibility index (Phi) is 5.36. The van der Waals surface area contributed by atoms with Crippen LogP contribution in [-0.2, 0) is 11.3 Å². The number of carbonyl (C=O) groups is 2. The van der Waals surface area contributed by atoms with Gasteiger partial charge in [-0.25, -0.2) is 9.18 Å². The summed E-state index contributed by atoms with van der Waals surface area (Å²) in [4.78, 5) is 24.7. The van der Waals surface area contributed by atoms with Crippen molar-refractivity contribution in [2.75, 3.05) is 20.2 Å². The van der Waals surface area contributed by atoms with Crippen molar-refractivity contribution in [2.45, 2.75) is 19.4 Å². The van der Waals surface area contributed by atoms with Crippen molar-refractivity contribution >= 4 is 11.9 Å². The molecule has 8 heteroatoms. The van der Waals surface area contributed by atoms with E-state index in [-0.39, 0.29) is 30.3 Å². The van der Waals surface area contributed by atoms with Crippen molar-refractivity contribution in [2.24, 2.45) is 11.7 Å². The Morgan fingerprint density at radius 1 is 1.39 bits per heavy atom. The number of nitrogens with zero attached hydrogens (tertiary/aromatic N) is 1. The first kappa shape index (κ1) is 17.0. The van der Waals surface area contributed by atoms with Crippen molar-refractivity contribution in [3.63, 3.8) is 0 Å². The second kappa shape index (κ2) is 7.26. The van der Waals surface area contributed by atoms with Gasteiger partial charge in [-0.1, -0.05) is 6.07 Å². The SMILES string of the molecule is COc1ccc(CNC(=O)[C@@H]2CCCN(C(N)=O)C2)c(F)c1F. The Hall–Kier alpha value is -2.38. The molecule has 0 spiro atoms. The summed E-state index contributed by atoms with van der Waals surface area (Å²) in [5, 5.41) is 2.57. The summed E-state index contributed by atoms with van der Waals surface area (Å²) in [5.74, 6) is -3.04. The molecule has 0 aromatic heterocycles. The first-order chi connectivity index (χ1) is 10.9. The van der Waals surface area contributed by atoms with Gasteiger partial charge in [0.25, 0.3) is 0 Å². The molecule has 1 fully saturated rings. The lowest BCUT2D eigenvalue weighted by Crippen LogP contribution is -2.47. The number of amides is 3. The maximum absolute atomic E-state index is 13.8. The number of piperidine rings is 1. The molecule has 1 aromatic carbocycles. The average Bonchev–Trinajstić information content (AvgIpc) is 2.56. The van der Waals surface area contributed by atoms with Gasteiger partial charge in [0.1, 0.15) is 0 Å². The Balaban J connectivity index is 1.97. The maximum Gasteiger partial charge on any atom is 0.314 e. The largest absolute Gasteiger partial charge is 0.494 e. The van der Waals surface area contributed by atoms with E-state index in [1.165, 1.54) is 24.1 Å². The van der Waals surface area contributed by atoms with Crippen LogP contribution < -0.4 is 15.8 Å². The van der Waals surface area contributed by atoms with Crippen LogP contribution in [0.5, 0.6) is 5.75 Å². The van der Waals surface area contributed by atoms with E-state index in [9.17, 15) is 18.4 Å². The number of halogens is 2. The van der Waals surface area contributed by atoms with E-state index in [1.54, 1.807) is 0 Å². The van der Waals surface area contributed by atoms with E-state index >= 15 is 0 Å². The molecule has 126 valence electrons. The van der Waals surface area contributed by atoms with Crippen LogP contribution in [0.3, 0.4) is 0 Å². The van der Waals surface area contributed by atoms with E-state index < -0.39 is 23.6 Å². The molecule has 2 rings (SSSR count). The summed E-state index contributed by atoms with van der Waals surface area (Å²) in [6, 6.07) is 2.09. The molecule has 1 saturated heterocycles. The van der Waals surface area contributed by atoms with Gasteiger partial charge in [-0.2, -0.15) is 4.39 Å². The van der Waals surface area contributed by atoms with Gasteiger partial charge in [0.2, 0.25) is 11.7 Å². The number of hydrogen-bond acceptors (Lipinski definition) is 3. The van der Waals surface area contributed by atoms with Crippen molar-refractivity contribution in [3.05, 3.63) is 29.3 Å². The van der Waals surface area contributed by atoms with Gasteiger partial charge in [0, 0.05) is 25.2 Å². The molecule has 1 heterocycles. The van der Waals surface area contributed by atoms with Crippen LogP contribution in [0.25, 0.3) is 0 Å². The molecule has 0 radical (unpaired) electrons. The molecule has 0 saturated carbocycles. The quantitative estimate of drug-likeness (QED) is 0.876. The number of urea groups is 1. The molecule has 3 N–H and O–H groups in total. The third-order valence-electron chi connectivity index (χ3n) is 3.90. The van der Waals surface area contributed by atoms with Crippen LogP contribution in [0.4, 0.5) is 13.6 Å². The normalized spacial score (nSPS) is 17.7. The lowest BCUT2D eigenvalue weighted by atomic mass is 9.97. The number of likely N-dealkylation sites (tertiary alicyclic amines) is 1. The molecule has 23 heavy (non-hydrogen) atoms. The number of rotatable bonds is 4. The lowest BCUT2D eigenvalue weighted by molar-refractivity contribution is -0.126. The van der Waals surface area contributed by atoms with Gasteiger partial charge >= 0.3 is 6.03 Å².